The maximum atomic E-state index is 12.4. The Morgan fingerprint density at radius 1 is 1.44 bits per heavy atom. The SMILES string of the molecule is CCn1nccc1C(C)NC(=O)c1ccc(Cn2cc(Br)c([N+](=O)[O-])n2)o1. The van der Waals surface area contributed by atoms with E-state index in [0.717, 1.165) is 5.69 Å². The first kappa shape index (κ1) is 18.8. The number of furan rings is 1. The molecule has 3 aromatic heterocycles. The molecule has 0 aliphatic rings. The molecule has 142 valence electrons. The summed E-state index contributed by atoms with van der Waals surface area (Å²) < 4.78 is 9.00. The zero-order valence-electron chi connectivity index (χ0n) is 14.6. The van der Waals surface area contributed by atoms with Gasteiger partial charge in [0.1, 0.15) is 16.8 Å². The van der Waals surface area contributed by atoms with Crippen LogP contribution in [0.3, 0.4) is 0 Å². The summed E-state index contributed by atoms with van der Waals surface area (Å²) in [5.41, 5.74) is 0.895. The Balaban J connectivity index is 1.67. The van der Waals surface area contributed by atoms with E-state index < -0.39 is 4.92 Å². The van der Waals surface area contributed by atoms with E-state index in [1.165, 1.54) is 10.9 Å². The molecule has 0 fully saturated rings. The van der Waals surface area contributed by atoms with Crippen LogP contribution in [0.4, 0.5) is 5.82 Å². The number of carbonyl (C=O) groups is 1. The molecule has 27 heavy (non-hydrogen) atoms. The van der Waals surface area contributed by atoms with Gasteiger partial charge in [-0.25, -0.2) is 0 Å². The smallest absolute Gasteiger partial charge is 0.404 e. The van der Waals surface area contributed by atoms with Crippen molar-refractivity contribution >= 4 is 27.7 Å². The molecular weight excluding hydrogens is 420 g/mol. The van der Waals surface area contributed by atoms with Gasteiger partial charge in [0.25, 0.3) is 5.91 Å². The number of halogens is 1. The van der Waals surface area contributed by atoms with Crippen molar-refractivity contribution in [2.24, 2.45) is 0 Å². The highest BCUT2D eigenvalue weighted by Gasteiger charge is 2.21. The molecule has 0 aliphatic heterocycles. The molecule has 0 aliphatic carbocycles. The first-order chi connectivity index (χ1) is 12.9. The van der Waals surface area contributed by atoms with Crippen LogP contribution >= 0.6 is 15.9 Å². The van der Waals surface area contributed by atoms with Gasteiger partial charge in [-0.2, -0.15) is 9.78 Å². The van der Waals surface area contributed by atoms with Crippen LogP contribution in [0, 0.1) is 10.1 Å². The predicted molar refractivity (Wildman–Crippen MR) is 98.2 cm³/mol. The standard InChI is InChI=1S/C16H17BrN6O4/c1-3-22-13(6-7-18-22)10(2)19-16(24)14-5-4-11(27-14)8-21-9-12(17)15(20-21)23(25)26/h4-7,9-10H,3,8H2,1-2H3,(H,19,24). The molecular formula is C16H17BrN6O4. The minimum absolute atomic E-state index is 0.153. The van der Waals surface area contributed by atoms with Crippen LogP contribution < -0.4 is 5.32 Å². The zero-order valence-corrected chi connectivity index (χ0v) is 16.2. The van der Waals surface area contributed by atoms with Crippen molar-refractivity contribution in [3.63, 3.8) is 0 Å². The second-order valence-electron chi connectivity index (χ2n) is 5.79. The van der Waals surface area contributed by atoms with E-state index >= 15 is 0 Å². The number of nitrogens with zero attached hydrogens (tertiary/aromatic N) is 5. The van der Waals surface area contributed by atoms with Gasteiger partial charge in [0.15, 0.2) is 5.76 Å². The van der Waals surface area contributed by atoms with E-state index in [1.807, 2.05) is 19.9 Å². The highest BCUT2D eigenvalue weighted by Crippen LogP contribution is 2.23. The Bertz CT molecular complexity index is 975. The quantitative estimate of drug-likeness (QED) is 0.448. The van der Waals surface area contributed by atoms with Gasteiger partial charge < -0.3 is 19.8 Å². The Morgan fingerprint density at radius 2 is 2.22 bits per heavy atom. The lowest BCUT2D eigenvalue weighted by atomic mass is 10.2. The van der Waals surface area contributed by atoms with Gasteiger partial charge in [-0.05, 0) is 52.9 Å². The number of hydrogen-bond donors (Lipinski definition) is 1. The number of aromatic nitrogens is 4. The average Bonchev–Trinajstić information content (AvgIpc) is 3.34. The summed E-state index contributed by atoms with van der Waals surface area (Å²) in [6, 6.07) is 4.81. The molecule has 3 aromatic rings. The molecule has 1 atom stereocenters. The van der Waals surface area contributed by atoms with Crippen molar-refractivity contribution in [1.82, 2.24) is 24.9 Å². The maximum Gasteiger partial charge on any atom is 0.404 e. The van der Waals surface area contributed by atoms with E-state index in [0.29, 0.717) is 12.3 Å². The highest BCUT2D eigenvalue weighted by molar-refractivity contribution is 9.10. The fourth-order valence-corrected chi connectivity index (χ4v) is 3.11. The number of rotatable bonds is 7. The monoisotopic (exact) mass is 436 g/mol. The van der Waals surface area contributed by atoms with E-state index in [-0.39, 0.29) is 34.5 Å². The van der Waals surface area contributed by atoms with E-state index in [9.17, 15) is 14.9 Å². The molecule has 1 amide bonds. The van der Waals surface area contributed by atoms with E-state index in [1.54, 1.807) is 23.0 Å². The number of hydrogen-bond acceptors (Lipinski definition) is 6. The number of amides is 1. The second kappa shape index (κ2) is 7.74. The molecule has 0 saturated carbocycles. The second-order valence-corrected chi connectivity index (χ2v) is 6.64. The molecule has 1 N–H and O–H groups in total. The van der Waals surface area contributed by atoms with Crippen molar-refractivity contribution in [1.29, 1.82) is 0 Å². The zero-order chi connectivity index (χ0) is 19.6. The summed E-state index contributed by atoms with van der Waals surface area (Å²) in [7, 11) is 0. The fourth-order valence-electron chi connectivity index (χ4n) is 2.65. The lowest BCUT2D eigenvalue weighted by Crippen LogP contribution is -2.28. The van der Waals surface area contributed by atoms with Crippen molar-refractivity contribution in [3.05, 3.63) is 62.4 Å². The van der Waals surface area contributed by atoms with Crippen molar-refractivity contribution in [2.75, 3.05) is 0 Å². The molecule has 1 unspecified atom stereocenters. The minimum Gasteiger partial charge on any atom is -0.454 e. The minimum atomic E-state index is -0.579. The highest BCUT2D eigenvalue weighted by atomic mass is 79.9. The van der Waals surface area contributed by atoms with Gasteiger partial charge in [0.05, 0.1) is 23.0 Å². The van der Waals surface area contributed by atoms with Crippen LogP contribution in [-0.2, 0) is 13.1 Å². The largest absolute Gasteiger partial charge is 0.454 e. The Hall–Kier alpha value is -2.95. The summed E-state index contributed by atoms with van der Waals surface area (Å²) in [6.07, 6.45) is 3.17. The number of nitro groups is 1. The Labute approximate surface area is 162 Å². The molecule has 0 radical (unpaired) electrons. The van der Waals surface area contributed by atoms with Gasteiger partial charge in [-0.15, -0.1) is 0 Å². The fraction of sp³-hybridized carbons (Fsp3) is 0.312. The van der Waals surface area contributed by atoms with Crippen LogP contribution in [0.25, 0.3) is 0 Å². The molecule has 0 saturated heterocycles. The summed E-state index contributed by atoms with van der Waals surface area (Å²) in [4.78, 5) is 22.7. The van der Waals surface area contributed by atoms with Crippen molar-refractivity contribution < 1.29 is 14.1 Å². The third kappa shape index (κ3) is 4.08. The third-order valence-corrected chi connectivity index (χ3v) is 4.47. The lowest BCUT2D eigenvalue weighted by Gasteiger charge is -2.14. The first-order valence-electron chi connectivity index (χ1n) is 8.17. The molecule has 0 bridgehead atoms. The van der Waals surface area contributed by atoms with Gasteiger partial charge >= 0.3 is 5.82 Å². The normalized spacial score (nSPS) is 12.1. The van der Waals surface area contributed by atoms with Gasteiger partial charge in [0, 0.05) is 12.7 Å². The molecule has 3 rings (SSSR count). The van der Waals surface area contributed by atoms with E-state index in [2.05, 4.69) is 31.4 Å². The average molecular weight is 437 g/mol. The van der Waals surface area contributed by atoms with Gasteiger partial charge in [-0.3, -0.25) is 9.48 Å². The van der Waals surface area contributed by atoms with Crippen LogP contribution in [0.2, 0.25) is 0 Å². The van der Waals surface area contributed by atoms with Crippen LogP contribution in [0.5, 0.6) is 0 Å². The van der Waals surface area contributed by atoms with Crippen LogP contribution in [0.15, 0.2) is 39.5 Å². The van der Waals surface area contributed by atoms with E-state index in [4.69, 9.17) is 4.42 Å². The number of carbonyl (C=O) groups excluding carboxylic acids is 1. The summed E-state index contributed by atoms with van der Waals surface area (Å²) >= 11 is 3.09. The third-order valence-electron chi connectivity index (χ3n) is 3.92. The summed E-state index contributed by atoms with van der Waals surface area (Å²) in [5, 5.41) is 21.8. The maximum absolute atomic E-state index is 12.4. The van der Waals surface area contributed by atoms with Crippen LogP contribution in [0.1, 0.15) is 41.9 Å². The van der Waals surface area contributed by atoms with Crippen molar-refractivity contribution in [3.8, 4) is 0 Å². The molecule has 3 heterocycles. The Morgan fingerprint density at radius 3 is 2.89 bits per heavy atom. The molecule has 10 nitrogen and oxygen atoms in total. The van der Waals surface area contributed by atoms with Gasteiger partial charge in [-0.1, -0.05) is 0 Å². The molecule has 11 heteroatoms. The summed E-state index contributed by atoms with van der Waals surface area (Å²) in [6.45, 7) is 4.71. The van der Waals surface area contributed by atoms with Crippen molar-refractivity contribution in [2.45, 2.75) is 33.0 Å². The summed E-state index contributed by atoms with van der Waals surface area (Å²) in [5.74, 6) is -0.0254. The predicted octanol–water partition coefficient (Wildman–Crippen LogP) is 2.90. The van der Waals surface area contributed by atoms with Gasteiger partial charge in [0.2, 0.25) is 0 Å². The first-order valence-corrected chi connectivity index (χ1v) is 8.97. The topological polar surface area (TPSA) is 121 Å². The lowest BCUT2D eigenvalue weighted by molar-refractivity contribution is -0.390. The number of aryl methyl sites for hydroxylation is 1. The van der Waals surface area contributed by atoms with Crippen LogP contribution in [-0.4, -0.2) is 30.4 Å². The Kier molecular flexibility index (Phi) is 5.40. The molecule has 0 aromatic carbocycles. The molecule has 0 spiro atoms. The number of nitrogens with one attached hydrogen (secondary N) is 1.